The average molecular weight is 414 g/mol. The lowest BCUT2D eigenvalue weighted by molar-refractivity contribution is 0.0242. The van der Waals surface area contributed by atoms with Crippen molar-refractivity contribution in [2.45, 2.75) is 45.4 Å². The molecule has 0 spiro atoms. The van der Waals surface area contributed by atoms with Crippen LogP contribution < -0.4 is 0 Å². The lowest BCUT2D eigenvalue weighted by Gasteiger charge is -2.24. The number of aromatic nitrogens is 1. The second kappa shape index (κ2) is 7.08. The molecule has 0 saturated carbocycles. The maximum absolute atomic E-state index is 12.3. The van der Waals surface area contributed by atoms with E-state index in [0.717, 1.165) is 21.2 Å². The maximum Gasteiger partial charge on any atom is 0.410 e. The van der Waals surface area contributed by atoms with Gasteiger partial charge in [0.05, 0.1) is 18.3 Å². The summed E-state index contributed by atoms with van der Waals surface area (Å²) in [5, 5.41) is 9.65. The number of benzene rings is 1. The Morgan fingerprint density at radius 1 is 1.31 bits per heavy atom. The van der Waals surface area contributed by atoms with Crippen LogP contribution in [0.1, 0.15) is 49.1 Å². The molecule has 0 radical (unpaired) electrons. The van der Waals surface area contributed by atoms with Gasteiger partial charge in [0.25, 0.3) is 0 Å². The first-order chi connectivity index (χ1) is 12.3. The summed E-state index contributed by atoms with van der Waals surface area (Å²) in [6.07, 6.45) is 1.43. The van der Waals surface area contributed by atoms with Crippen LogP contribution in [0.2, 0.25) is 0 Å². The first kappa shape index (κ1) is 18.4. The van der Waals surface area contributed by atoms with Crippen molar-refractivity contribution in [3.05, 3.63) is 63.4 Å². The van der Waals surface area contributed by atoms with Crippen LogP contribution in [0, 0.1) is 11.3 Å². The van der Waals surface area contributed by atoms with E-state index in [2.05, 4.69) is 27.0 Å². The van der Waals surface area contributed by atoms with Gasteiger partial charge in [-0.2, -0.15) is 5.26 Å². The molecule has 6 heteroatoms. The molecule has 3 rings (SSSR count). The SMILES string of the molecule is CC(C)(C)OC(=O)N1Cc2cnc(C(C#N)c3cccc(Br)c3)cc2C1. The summed E-state index contributed by atoms with van der Waals surface area (Å²) in [4.78, 5) is 18.4. The number of carbonyl (C=O) groups excluding carboxylic acids is 1. The molecule has 0 aliphatic carbocycles. The number of hydrogen-bond acceptors (Lipinski definition) is 4. The summed E-state index contributed by atoms with van der Waals surface area (Å²) in [5.74, 6) is -0.451. The fourth-order valence-corrected chi connectivity index (χ4v) is 3.33. The summed E-state index contributed by atoms with van der Waals surface area (Å²) < 4.78 is 6.37. The Labute approximate surface area is 161 Å². The molecule has 1 atom stereocenters. The smallest absolute Gasteiger partial charge is 0.410 e. The van der Waals surface area contributed by atoms with E-state index in [1.54, 1.807) is 11.1 Å². The molecule has 0 N–H and O–H groups in total. The molecular weight excluding hydrogens is 394 g/mol. The Balaban J connectivity index is 1.82. The van der Waals surface area contributed by atoms with E-state index in [1.165, 1.54) is 0 Å². The molecule has 1 aromatic carbocycles. The van der Waals surface area contributed by atoms with Gasteiger partial charge in [0.2, 0.25) is 0 Å². The molecule has 2 heterocycles. The molecule has 5 nitrogen and oxygen atoms in total. The van der Waals surface area contributed by atoms with Gasteiger partial charge in [0.1, 0.15) is 11.5 Å². The van der Waals surface area contributed by atoms with Crippen LogP contribution in [-0.4, -0.2) is 21.6 Å². The van der Waals surface area contributed by atoms with Gasteiger partial charge in [-0.25, -0.2) is 4.79 Å². The number of nitrogens with zero attached hydrogens (tertiary/aromatic N) is 3. The second-order valence-corrected chi connectivity index (χ2v) is 8.25. The number of amides is 1. The van der Waals surface area contributed by atoms with Gasteiger partial charge in [-0.3, -0.25) is 9.88 Å². The molecule has 1 aliphatic heterocycles. The van der Waals surface area contributed by atoms with E-state index in [4.69, 9.17) is 4.74 Å². The van der Waals surface area contributed by atoms with E-state index in [1.807, 2.05) is 51.1 Å². The van der Waals surface area contributed by atoms with Crippen LogP contribution in [0.3, 0.4) is 0 Å². The molecule has 1 aromatic heterocycles. The molecule has 1 unspecified atom stereocenters. The molecular formula is C20H20BrN3O2. The van der Waals surface area contributed by atoms with Gasteiger partial charge in [0, 0.05) is 17.2 Å². The number of rotatable bonds is 2. The first-order valence-electron chi connectivity index (χ1n) is 8.37. The normalized spacial score (nSPS) is 14.5. The summed E-state index contributed by atoms with van der Waals surface area (Å²) in [5.41, 5.74) is 3.05. The van der Waals surface area contributed by atoms with E-state index in [9.17, 15) is 10.1 Å². The van der Waals surface area contributed by atoms with Crippen LogP contribution in [0.25, 0.3) is 0 Å². The Morgan fingerprint density at radius 2 is 2.04 bits per heavy atom. The van der Waals surface area contributed by atoms with Crippen LogP contribution in [0.5, 0.6) is 0 Å². The number of nitriles is 1. The summed E-state index contributed by atoms with van der Waals surface area (Å²) in [6, 6.07) is 11.9. The van der Waals surface area contributed by atoms with Gasteiger partial charge < -0.3 is 4.74 Å². The highest BCUT2D eigenvalue weighted by Gasteiger charge is 2.29. The van der Waals surface area contributed by atoms with Crippen molar-refractivity contribution in [2.24, 2.45) is 0 Å². The molecule has 1 amide bonds. The predicted molar refractivity (Wildman–Crippen MR) is 101 cm³/mol. The van der Waals surface area contributed by atoms with Gasteiger partial charge >= 0.3 is 6.09 Å². The monoisotopic (exact) mass is 413 g/mol. The minimum atomic E-state index is -0.526. The Morgan fingerprint density at radius 3 is 2.69 bits per heavy atom. The van der Waals surface area contributed by atoms with E-state index < -0.39 is 11.5 Å². The lowest BCUT2D eigenvalue weighted by Crippen LogP contribution is -2.33. The Hall–Kier alpha value is -2.39. The van der Waals surface area contributed by atoms with Crippen LogP contribution >= 0.6 is 15.9 Å². The highest BCUT2D eigenvalue weighted by Crippen LogP contribution is 2.30. The standard InChI is InChI=1S/C20H20BrN3O2/c1-20(2,3)26-19(25)24-11-14-8-18(23-10-15(14)12-24)17(9-22)13-5-4-6-16(21)7-13/h4-8,10,17H,11-12H2,1-3H3. The minimum Gasteiger partial charge on any atom is -0.444 e. The number of pyridine rings is 1. The zero-order valence-electron chi connectivity index (χ0n) is 15.0. The van der Waals surface area contributed by atoms with Crippen molar-refractivity contribution in [1.82, 2.24) is 9.88 Å². The van der Waals surface area contributed by atoms with Crippen molar-refractivity contribution in [3.63, 3.8) is 0 Å². The predicted octanol–water partition coefficient (Wildman–Crippen LogP) is 4.75. The molecule has 1 aliphatic rings. The Bertz CT molecular complexity index is 883. The fraction of sp³-hybridized carbons (Fsp3) is 0.350. The number of halogens is 1. The topological polar surface area (TPSA) is 66.2 Å². The second-order valence-electron chi connectivity index (χ2n) is 7.33. The largest absolute Gasteiger partial charge is 0.444 e. The quantitative estimate of drug-likeness (QED) is 0.712. The van der Waals surface area contributed by atoms with Gasteiger partial charge in [-0.05, 0) is 55.7 Å². The van der Waals surface area contributed by atoms with Gasteiger partial charge in [0.15, 0.2) is 0 Å². The number of carbonyl (C=O) groups is 1. The van der Waals surface area contributed by atoms with Gasteiger partial charge in [-0.15, -0.1) is 0 Å². The van der Waals surface area contributed by atoms with E-state index in [-0.39, 0.29) is 6.09 Å². The Kier molecular flexibility index (Phi) is 5.01. The zero-order chi connectivity index (χ0) is 18.9. The van der Waals surface area contributed by atoms with E-state index >= 15 is 0 Å². The summed E-state index contributed by atoms with van der Waals surface area (Å²) in [6.45, 7) is 6.50. The third kappa shape index (κ3) is 4.05. The van der Waals surface area contributed by atoms with Crippen LogP contribution in [0.15, 0.2) is 41.0 Å². The van der Waals surface area contributed by atoms with Crippen LogP contribution in [-0.2, 0) is 17.8 Å². The molecule has 0 bridgehead atoms. The summed E-state index contributed by atoms with van der Waals surface area (Å²) in [7, 11) is 0. The van der Waals surface area contributed by atoms with Crippen molar-refractivity contribution in [3.8, 4) is 6.07 Å². The molecule has 0 fully saturated rings. The first-order valence-corrected chi connectivity index (χ1v) is 9.17. The fourth-order valence-electron chi connectivity index (χ4n) is 2.91. The highest BCUT2D eigenvalue weighted by molar-refractivity contribution is 9.10. The molecule has 26 heavy (non-hydrogen) atoms. The van der Waals surface area contributed by atoms with Crippen LogP contribution in [0.4, 0.5) is 4.79 Å². The zero-order valence-corrected chi connectivity index (χ0v) is 16.6. The number of fused-ring (bicyclic) bond motifs is 1. The third-order valence-electron chi connectivity index (χ3n) is 4.09. The summed E-state index contributed by atoms with van der Waals surface area (Å²) >= 11 is 3.44. The van der Waals surface area contributed by atoms with Crippen molar-refractivity contribution < 1.29 is 9.53 Å². The minimum absolute atomic E-state index is 0.334. The number of ether oxygens (including phenoxy) is 1. The average Bonchev–Trinajstić information content (AvgIpc) is 2.98. The molecule has 0 saturated heterocycles. The van der Waals surface area contributed by atoms with Crippen molar-refractivity contribution in [2.75, 3.05) is 0 Å². The third-order valence-corrected chi connectivity index (χ3v) is 4.58. The van der Waals surface area contributed by atoms with E-state index in [0.29, 0.717) is 18.8 Å². The molecule has 134 valence electrons. The lowest BCUT2D eigenvalue weighted by atomic mass is 9.95. The van der Waals surface area contributed by atoms with Gasteiger partial charge in [-0.1, -0.05) is 28.1 Å². The molecule has 2 aromatic rings. The van der Waals surface area contributed by atoms with Crippen molar-refractivity contribution in [1.29, 1.82) is 5.26 Å². The highest BCUT2D eigenvalue weighted by atomic mass is 79.9. The van der Waals surface area contributed by atoms with Crippen molar-refractivity contribution >= 4 is 22.0 Å². The number of hydrogen-bond donors (Lipinski definition) is 0. The maximum atomic E-state index is 12.3.